The first kappa shape index (κ1) is 28.5. The third kappa shape index (κ3) is 9.45. The molecule has 2 N–H and O–H groups in total. The van der Waals surface area contributed by atoms with E-state index in [2.05, 4.69) is 25.2 Å². The molecule has 10 heteroatoms. The number of anilines is 1. The van der Waals surface area contributed by atoms with Crippen molar-refractivity contribution in [3.63, 3.8) is 0 Å². The Morgan fingerprint density at radius 1 is 1.26 bits per heavy atom. The predicted molar refractivity (Wildman–Crippen MR) is 121 cm³/mol. The molecule has 2 atom stereocenters. The third-order valence-electron chi connectivity index (χ3n) is 5.74. The van der Waals surface area contributed by atoms with E-state index < -0.39 is 12.1 Å². The lowest BCUT2D eigenvalue weighted by Crippen LogP contribution is -2.86. The van der Waals surface area contributed by atoms with Crippen LogP contribution >= 0.6 is 0 Å². The van der Waals surface area contributed by atoms with Gasteiger partial charge in [0.1, 0.15) is 12.5 Å². The van der Waals surface area contributed by atoms with E-state index in [1.165, 1.54) is 5.56 Å². The van der Waals surface area contributed by atoms with E-state index in [0.717, 1.165) is 38.0 Å². The standard InChI is InChI=1S/C23H32N2O3.C2HF3O2/c1-17(2)14-18(15-21(26)22-16-24-11-5-13-28-22)8-9-23(27)25-12-10-19-6-3-4-7-20(19)25;3-2(4,5)1(6)7/h3-4,6-9,17-18,22,24H,5,10-16H2,1-2H3;(H,6,7)/b9-8+;/t18-,22+;/m1./s1. The summed E-state index contributed by atoms with van der Waals surface area (Å²) in [5.74, 6) is -2.31. The average Bonchev–Trinajstić information content (AvgIpc) is 3.02. The van der Waals surface area contributed by atoms with Gasteiger partial charge < -0.3 is 24.9 Å². The number of rotatable bonds is 7. The van der Waals surface area contributed by atoms with Crippen LogP contribution in [-0.2, 0) is 25.5 Å². The number of carbonyl (C=O) groups excluding carboxylic acids is 3. The molecule has 2 aliphatic rings. The number of alkyl halides is 3. The summed E-state index contributed by atoms with van der Waals surface area (Å²) in [6.07, 6.45) is 1.33. The Hall–Kier alpha value is -2.72. The van der Waals surface area contributed by atoms with Gasteiger partial charge in [-0.2, -0.15) is 13.2 Å². The first-order valence-electron chi connectivity index (χ1n) is 11.8. The monoisotopic (exact) mass is 498 g/mol. The number of allylic oxidation sites excluding steroid dienone is 1. The van der Waals surface area contributed by atoms with Crippen molar-refractivity contribution in [1.29, 1.82) is 0 Å². The number of carboxylic acid groups (broad SMARTS) is 1. The molecule has 0 bridgehead atoms. The SMILES string of the molecule is CC(C)C[C@@H](/C=C/C(=O)N1CCc2ccccc21)CC(=O)[C@@H]1C[NH2+]CCCO1.O=C([O-])C(F)(F)F. The minimum absolute atomic E-state index is 0.00482. The van der Waals surface area contributed by atoms with Crippen LogP contribution in [0.5, 0.6) is 0 Å². The largest absolute Gasteiger partial charge is 0.542 e. The molecule has 0 spiro atoms. The van der Waals surface area contributed by atoms with Gasteiger partial charge in [0.25, 0.3) is 5.91 Å². The van der Waals surface area contributed by atoms with Gasteiger partial charge in [0.05, 0.1) is 13.2 Å². The summed E-state index contributed by atoms with van der Waals surface area (Å²) in [4.78, 5) is 36.1. The molecular formula is C25H33F3N2O5. The molecule has 0 saturated carbocycles. The number of para-hydroxylation sites is 1. The van der Waals surface area contributed by atoms with E-state index >= 15 is 0 Å². The number of halogens is 3. The van der Waals surface area contributed by atoms with Gasteiger partial charge in [-0.3, -0.25) is 9.59 Å². The van der Waals surface area contributed by atoms with Gasteiger partial charge >= 0.3 is 6.18 Å². The maximum absolute atomic E-state index is 12.8. The first-order valence-corrected chi connectivity index (χ1v) is 11.8. The Bertz CT molecular complexity index is 893. The summed E-state index contributed by atoms with van der Waals surface area (Å²) >= 11 is 0. The van der Waals surface area contributed by atoms with Gasteiger partial charge in [0.2, 0.25) is 0 Å². The molecule has 3 rings (SSSR count). The zero-order chi connectivity index (χ0) is 26.0. The summed E-state index contributed by atoms with van der Waals surface area (Å²) in [5.41, 5.74) is 2.23. The van der Waals surface area contributed by atoms with Gasteiger partial charge in [-0.15, -0.1) is 0 Å². The number of nitrogens with two attached hydrogens (primary N) is 1. The average molecular weight is 499 g/mol. The Kier molecular flexibility index (Phi) is 10.9. The van der Waals surface area contributed by atoms with Crippen molar-refractivity contribution in [2.24, 2.45) is 11.8 Å². The second-order valence-electron chi connectivity index (χ2n) is 9.10. The van der Waals surface area contributed by atoms with Crippen molar-refractivity contribution < 1.29 is 42.7 Å². The van der Waals surface area contributed by atoms with E-state index in [9.17, 15) is 22.8 Å². The third-order valence-corrected chi connectivity index (χ3v) is 5.74. The molecule has 194 valence electrons. The fourth-order valence-corrected chi connectivity index (χ4v) is 4.12. The van der Waals surface area contributed by atoms with Crippen molar-refractivity contribution in [3.05, 3.63) is 42.0 Å². The molecular weight excluding hydrogens is 465 g/mol. The zero-order valence-electron chi connectivity index (χ0n) is 20.1. The predicted octanol–water partition coefficient (Wildman–Crippen LogP) is 1.40. The molecule has 7 nitrogen and oxygen atoms in total. The van der Waals surface area contributed by atoms with Gasteiger partial charge in [-0.05, 0) is 42.4 Å². The van der Waals surface area contributed by atoms with E-state index in [4.69, 9.17) is 14.6 Å². The lowest BCUT2D eigenvalue weighted by molar-refractivity contribution is -0.654. The normalized spacial score (nSPS) is 19.0. The van der Waals surface area contributed by atoms with Crippen LogP contribution in [0.15, 0.2) is 36.4 Å². The van der Waals surface area contributed by atoms with Crippen molar-refractivity contribution in [2.45, 2.75) is 51.8 Å². The molecule has 1 saturated heterocycles. The summed E-state index contributed by atoms with van der Waals surface area (Å²) in [5, 5.41) is 10.9. The molecule has 1 aromatic rings. The van der Waals surface area contributed by atoms with Gasteiger partial charge in [-0.25, -0.2) is 0 Å². The molecule has 2 heterocycles. The second kappa shape index (κ2) is 13.4. The maximum atomic E-state index is 12.8. The quantitative estimate of drug-likeness (QED) is 0.573. The molecule has 1 amide bonds. The number of ketones is 1. The maximum Gasteiger partial charge on any atom is 0.430 e. The lowest BCUT2D eigenvalue weighted by Gasteiger charge is -2.19. The Morgan fingerprint density at radius 3 is 2.60 bits per heavy atom. The highest BCUT2D eigenvalue weighted by Gasteiger charge is 2.29. The Morgan fingerprint density at radius 2 is 1.94 bits per heavy atom. The number of ether oxygens (including phenoxy) is 1. The molecule has 1 aromatic carbocycles. The van der Waals surface area contributed by atoms with Crippen LogP contribution in [0.25, 0.3) is 0 Å². The van der Waals surface area contributed by atoms with Crippen LogP contribution < -0.4 is 15.3 Å². The van der Waals surface area contributed by atoms with E-state index in [-0.39, 0.29) is 23.7 Å². The fourth-order valence-electron chi connectivity index (χ4n) is 4.12. The van der Waals surface area contributed by atoms with Crippen LogP contribution in [-0.4, -0.2) is 56.2 Å². The number of Topliss-reactive ketones (excluding diaryl/α,β-unsaturated/α-hetero) is 1. The highest BCUT2D eigenvalue weighted by molar-refractivity contribution is 6.02. The minimum Gasteiger partial charge on any atom is -0.542 e. The van der Waals surface area contributed by atoms with Gasteiger partial charge in [0, 0.05) is 25.1 Å². The summed E-state index contributed by atoms with van der Waals surface area (Å²) in [6.45, 7) is 7.41. The topological polar surface area (TPSA) is 103 Å². The molecule has 2 aliphatic heterocycles. The zero-order valence-corrected chi connectivity index (χ0v) is 20.1. The number of carboxylic acids is 1. The number of carbonyl (C=O) groups is 3. The van der Waals surface area contributed by atoms with Gasteiger partial charge in [-0.1, -0.05) is 38.1 Å². The lowest BCUT2D eigenvalue weighted by atomic mass is 9.90. The van der Waals surface area contributed by atoms with Gasteiger partial charge in [0.15, 0.2) is 11.9 Å². The number of quaternary nitrogens is 1. The van der Waals surface area contributed by atoms with Crippen molar-refractivity contribution >= 4 is 23.3 Å². The van der Waals surface area contributed by atoms with Crippen molar-refractivity contribution in [1.82, 2.24) is 0 Å². The molecule has 0 aliphatic carbocycles. The number of nitrogens with zero attached hydrogens (tertiary/aromatic N) is 1. The molecule has 1 fully saturated rings. The number of fused-ring (bicyclic) bond motifs is 1. The summed E-state index contributed by atoms with van der Waals surface area (Å²) in [6, 6.07) is 8.07. The summed E-state index contributed by atoms with van der Waals surface area (Å²) < 4.78 is 37.3. The van der Waals surface area contributed by atoms with E-state index in [1.807, 2.05) is 29.2 Å². The Balaban J connectivity index is 0.000000540. The second-order valence-corrected chi connectivity index (χ2v) is 9.10. The fraction of sp³-hybridized carbons (Fsp3) is 0.560. The highest BCUT2D eigenvalue weighted by Crippen LogP contribution is 2.28. The number of hydrogen-bond donors (Lipinski definition) is 1. The first-order chi connectivity index (χ1) is 16.5. The molecule has 0 radical (unpaired) electrons. The van der Waals surface area contributed by atoms with Crippen molar-refractivity contribution in [3.8, 4) is 0 Å². The molecule has 0 aromatic heterocycles. The van der Waals surface area contributed by atoms with E-state index in [0.29, 0.717) is 25.5 Å². The van der Waals surface area contributed by atoms with Crippen LogP contribution in [0.3, 0.4) is 0 Å². The number of amides is 1. The Labute approximate surface area is 203 Å². The number of aliphatic carboxylic acids is 1. The molecule has 0 unspecified atom stereocenters. The van der Waals surface area contributed by atoms with Crippen LogP contribution in [0, 0.1) is 11.8 Å². The van der Waals surface area contributed by atoms with E-state index in [1.54, 1.807) is 6.08 Å². The minimum atomic E-state index is -5.19. The smallest absolute Gasteiger partial charge is 0.430 e. The van der Waals surface area contributed by atoms with Crippen molar-refractivity contribution in [2.75, 3.05) is 31.1 Å². The number of benzene rings is 1. The highest BCUT2D eigenvalue weighted by atomic mass is 19.4. The van der Waals surface area contributed by atoms with Crippen LogP contribution in [0.2, 0.25) is 0 Å². The number of hydrogen-bond acceptors (Lipinski definition) is 5. The van der Waals surface area contributed by atoms with Crippen LogP contribution in [0.4, 0.5) is 18.9 Å². The summed E-state index contributed by atoms with van der Waals surface area (Å²) in [7, 11) is 0. The molecule has 35 heavy (non-hydrogen) atoms. The van der Waals surface area contributed by atoms with Crippen LogP contribution in [0.1, 0.15) is 38.7 Å².